The molecule has 0 saturated heterocycles. The van der Waals surface area contributed by atoms with Crippen LogP contribution < -0.4 is 0 Å². The van der Waals surface area contributed by atoms with E-state index in [1.165, 1.54) is 0 Å². The third-order valence-electron chi connectivity index (χ3n) is 0.755. The van der Waals surface area contributed by atoms with Gasteiger partial charge in [0.1, 0.15) is 6.04 Å². The first-order chi connectivity index (χ1) is 3.43. The lowest BCUT2D eigenvalue weighted by atomic mass is 10.4. The van der Waals surface area contributed by atoms with Gasteiger partial charge in [0.2, 0.25) is 0 Å². The molecule has 1 nitrogen and oxygen atoms in total. The van der Waals surface area contributed by atoms with Crippen LogP contribution in [0.15, 0.2) is 22.9 Å². The van der Waals surface area contributed by atoms with E-state index >= 15 is 0 Å². The van der Waals surface area contributed by atoms with Crippen LogP contribution in [0.4, 0.5) is 0 Å². The highest BCUT2D eigenvalue weighted by atomic mass is 14.9. The molecule has 1 heterocycles. The number of nitrogens with zero attached hydrogens (tertiary/aromatic N) is 1. The Morgan fingerprint density at radius 1 is 1.86 bits per heavy atom. The molecule has 0 N–H and O–H groups in total. The van der Waals surface area contributed by atoms with E-state index in [4.69, 9.17) is 0 Å². The maximum Gasteiger partial charge on any atom is 0.110 e. The van der Waals surface area contributed by atoms with Crippen LogP contribution in [0.3, 0.4) is 0 Å². The molecule has 1 rings (SSSR count). The van der Waals surface area contributed by atoms with Gasteiger partial charge in [-0.3, -0.25) is 4.99 Å². The molecule has 36 valence electrons. The molecule has 1 heteroatoms. The van der Waals surface area contributed by atoms with E-state index in [1.54, 1.807) is 0 Å². The standard InChI is InChI=1S/C6H7N/c1-2-3-4-6-5-7-6/h2,4-6H,1H3. The lowest BCUT2D eigenvalue weighted by Crippen LogP contribution is -1.72. The summed E-state index contributed by atoms with van der Waals surface area (Å²) in [6, 6.07) is 0.385. The molecule has 7 heavy (non-hydrogen) atoms. The zero-order valence-electron chi connectivity index (χ0n) is 4.26. The van der Waals surface area contributed by atoms with Crippen LogP contribution in [0.1, 0.15) is 6.92 Å². The molecule has 0 fully saturated rings. The quantitative estimate of drug-likeness (QED) is 0.431. The summed E-state index contributed by atoms with van der Waals surface area (Å²) in [4.78, 5) is 3.88. The van der Waals surface area contributed by atoms with E-state index < -0.39 is 0 Å². The van der Waals surface area contributed by atoms with Crippen LogP contribution >= 0.6 is 0 Å². The molecule has 0 spiro atoms. The highest BCUT2D eigenvalue weighted by molar-refractivity contribution is 5.80. The Morgan fingerprint density at radius 3 is 3.00 bits per heavy atom. The molecule has 0 aliphatic carbocycles. The Bertz CT molecular complexity index is 132. The lowest BCUT2D eigenvalue weighted by molar-refractivity contribution is 1.29. The first-order valence-corrected chi connectivity index (χ1v) is 2.34. The molecule has 0 saturated carbocycles. The minimum Gasteiger partial charge on any atom is -0.281 e. The summed E-state index contributed by atoms with van der Waals surface area (Å²) in [6.45, 7) is 1.94. The molecule has 0 bridgehead atoms. The van der Waals surface area contributed by atoms with Crippen LogP contribution in [0.2, 0.25) is 0 Å². The zero-order chi connectivity index (χ0) is 5.11. The van der Waals surface area contributed by atoms with Gasteiger partial charge in [-0.15, -0.1) is 5.73 Å². The summed E-state index contributed by atoms with van der Waals surface area (Å²) < 4.78 is 0. The van der Waals surface area contributed by atoms with Crippen LogP contribution in [0.25, 0.3) is 0 Å². The smallest absolute Gasteiger partial charge is 0.110 e. The normalized spacial score (nSPS) is 23.3. The SMILES string of the molecule is CC=C=CC1C=N1. The van der Waals surface area contributed by atoms with Crippen LogP contribution in [0, 0.1) is 0 Å². The number of aliphatic imine (C=N–C) groups is 1. The first kappa shape index (κ1) is 4.35. The van der Waals surface area contributed by atoms with Crippen molar-refractivity contribution in [3.8, 4) is 0 Å². The fourth-order valence-electron chi connectivity index (χ4n) is 0.331. The van der Waals surface area contributed by atoms with E-state index in [9.17, 15) is 0 Å². The van der Waals surface area contributed by atoms with Crippen molar-refractivity contribution in [2.75, 3.05) is 0 Å². The van der Waals surface area contributed by atoms with E-state index in [0.717, 1.165) is 0 Å². The average molecular weight is 93.1 g/mol. The Morgan fingerprint density at radius 2 is 2.57 bits per heavy atom. The number of rotatable bonds is 1. The Labute approximate surface area is 43.1 Å². The number of hydrogen-bond acceptors (Lipinski definition) is 1. The van der Waals surface area contributed by atoms with Crippen molar-refractivity contribution in [1.29, 1.82) is 0 Å². The van der Waals surface area contributed by atoms with E-state index in [2.05, 4.69) is 10.7 Å². The van der Waals surface area contributed by atoms with E-state index in [-0.39, 0.29) is 0 Å². The fraction of sp³-hybridized carbons (Fsp3) is 0.333. The molecule has 1 aliphatic rings. The van der Waals surface area contributed by atoms with Gasteiger partial charge in [-0.2, -0.15) is 0 Å². The van der Waals surface area contributed by atoms with Crippen molar-refractivity contribution in [1.82, 2.24) is 0 Å². The van der Waals surface area contributed by atoms with Crippen molar-refractivity contribution < 1.29 is 0 Å². The van der Waals surface area contributed by atoms with Crippen LogP contribution in [-0.4, -0.2) is 12.3 Å². The monoisotopic (exact) mass is 93.1 g/mol. The molecular formula is C6H7N. The summed E-state index contributed by atoms with van der Waals surface area (Å²) >= 11 is 0. The average Bonchev–Trinajstić information content (AvgIpc) is 2.42. The summed E-state index contributed by atoms with van der Waals surface area (Å²) in [6.07, 6.45) is 5.69. The Kier molecular flexibility index (Phi) is 1.10. The maximum atomic E-state index is 3.88. The molecule has 0 aromatic heterocycles. The second-order valence-corrected chi connectivity index (χ2v) is 1.41. The largest absolute Gasteiger partial charge is 0.281 e. The second kappa shape index (κ2) is 1.76. The van der Waals surface area contributed by atoms with Gasteiger partial charge in [0.05, 0.1) is 0 Å². The first-order valence-electron chi connectivity index (χ1n) is 2.34. The topological polar surface area (TPSA) is 12.4 Å². The maximum absolute atomic E-state index is 3.88. The van der Waals surface area contributed by atoms with Crippen molar-refractivity contribution in [2.45, 2.75) is 13.0 Å². The van der Waals surface area contributed by atoms with Crippen LogP contribution in [0.5, 0.6) is 0 Å². The molecule has 0 aromatic rings. The molecule has 1 aliphatic heterocycles. The predicted octanol–water partition coefficient (Wildman–Crippen LogP) is 1.17. The summed E-state index contributed by atoms with van der Waals surface area (Å²) in [7, 11) is 0. The predicted molar refractivity (Wildman–Crippen MR) is 30.6 cm³/mol. The number of hydrogen-bond donors (Lipinski definition) is 0. The third kappa shape index (κ3) is 1.38. The molecular weight excluding hydrogens is 86.1 g/mol. The molecule has 0 radical (unpaired) electrons. The van der Waals surface area contributed by atoms with Gasteiger partial charge in [0, 0.05) is 6.21 Å². The van der Waals surface area contributed by atoms with Crippen molar-refractivity contribution in [2.24, 2.45) is 4.99 Å². The third-order valence-corrected chi connectivity index (χ3v) is 0.755. The fourth-order valence-corrected chi connectivity index (χ4v) is 0.331. The highest BCUT2D eigenvalue weighted by Gasteiger charge is 2.05. The minimum absolute atomic E-state index is 0.385. The zero-order valence-corrected chi connectivity index (χ0v) is 4.26. The summed E-state index contributed by atoms with van der Waals surface area (Å²) in [5.41, 5.74) is 2.94. The van der Waals surface area contributed by atoms with Gasteiger partial charge in [0.25, 0.3) is 0 Å². The minimum atomic E-state index is 0.385. The van der Waals surface area contributed by atoms with Crippen LogP contribution in [-0.2, 0) is 0 Å². The van der Waals surface area contributed by atoms with Gasteiger partial charge in [0.15, 0.2) is 0 Å². The molecule has 0 aromatic carbocycles. The molecule has 0 amide bonds. The van der Waals surface area contributed by atoms with Gasteiger partial charge >= 0.3 is 0 Å². The molecule has 1 unspecified atom stereocenters. The van der Waals surface area contributed by atoms with Gasteiger partial charge < -0.3 is 0 Å². The highest BCUT2D eigenvalue weighted by Crippen LogP contribution is 1.99. The second-order valence-electron chi connectivity index (χ2n) is 1.41. The van der Waals surface area contributed by atoms with Gasteiger partial charge in [-0.1, -0.05) is 0 Å². The van der Waals surface area contributed by atoms with Gasteiger partial charge in [-0.05, 0) is 19.1 Å². The lowest BCUT2D eigenvalue weighted by Gasteiger charge is -1.66. The van der Waals surface area contributed by atoms with E-state index in [0.29, 0.717) is 6.04 Å². The summed E-state index contributed by atoms with van der Waals surface area (Å²) in [5.74, 6) is 0. The summed E-state index contributed by atoms with van der Waals surface area (Å²) in [5, 5.41) is 0. The Balaban J connectivity index is 2.32. The van der Waals surface area contributed by atoms with Crippen molar-refractivity contribution in [3.05, 3.63) is 17.9 Å². The van der Waals surface area contributed by atoms with Crippen molar-refractivity contribution >= 4 is 6.21 Å². The van der Waals surface area contributed by atoms with Gasteiger partial charge in [-0.25, -0.2) is 0 Å². The van der Waals surface area contributed by atoms with E-state index in [1.807, 2.05) is 25.3 Å². The Hall–Kier alpha value is -0.810. The molecule has 1 atom stereocenters. The van der Waals surface area contributed by atoms with Crippen molar-refractivity contribution in [3.63, 3.8) is 0 Å².